The van der Waals surface area contributed by atoms with Crippen LogP contribution in [-0.4, -0.2) is 66.9 Å². The van der Waals surface area contributed by atoms with Gasteiger partial charge in [-0.05, 0) is 37.0 Å². The van der Waals surface area contributed by atoms with Crippen LogP contribution in [0.25, 0.3) is 6.08 Å². The molecule has 1 saturated carbocycles. The Morgan fingerprint density at radius 3 is 2.60 bits per heavy atom. The van der Waals surface area contributed by atoms with Crippen LogP contribution in [0.1, 0.15) is 37.7 Å². The van der Waals surface area contributed by atoms with E-state index in [0.29, 0.717) is 12.6 Å². The standard InChI is InChI=1S/C21H32N2O2/c1-25-21-10-8-18(9-11-21)5-4-13-22-14-15-23(19-6-2-3-7-19)20(17-22)12-16-24/h4-5,8-11,19-20,24H,2-3,6-7,12-17H2,1H3/b5-4+/t20-/m0/s1. The largest absolute Gasteiger partial charge is 0.497 e. The van der Waals surface area contributed by atoms with Gasteiger partial charge in [0.15, 0.2) is 0 Å². The summed E-state index contributed by atoms with van der Waals surface area (Å²) in [5.74, 6) is 0.895. The highest BCUT2D eigenvalue weighted by Crippen LogP contribution is 2.27. The quantitative estimate of drug-likeness (QED) is 0.825. The van der Waals surface area contributed by atoms with E-state index < -0.39 is 0 Å². The van der Waals surface area contributed by atoms with Crippen molar-refractivity contribution in [3.05, 3.63) is 35.9 Å². The summed E-state index contributed by atoms with van der Waals surface area (Å²) in [6.07, 6.45) is 10.8. The van der Waals surface area contributed by atoms with E-state index in [1.807, 2.05) is 12.1 Å². The molecule has 25 heavy (non-hydrogen) atoms. The Labute approximate surface area is 152 Å². The van der Waals surface area contributed by atoms with Gasteiger partial charge in [0.25, 0.3) is 0 Å². The number of hydrogen-bond acceptors (Lipinski definition) is 4. The highest BCUT2D eigenvalue weighted by atomic mass is 16.5. The first kappa shape index (κ1) is 18.4. The molecular weight excluding hydrogens is 312 g/mol. The van der Waals surface area contributed by atoms with E-state index in [2.05, 4.69) is 34.1 Å². The van der Waals surface area contributed by atoms with Gasteiger partial charge in [0, 0.05) is 44.9 Å². The minimum atomic E-state index is 0.295. The number of methoxy groups -OCH3 is 1. The van der Waals surface area contributed by atoms with E-state index in [1.54, 1.807) is 7.11 Å². The van der Waals surface area contributed by atoms with Gasteiger partial charge in [0.1, 0.15) is 5.75 Å². The predicted molar refractivity (Wildman–Crippen MR) is 103 cm³/mol. The smallest absolute Gasteiger partial charge is 0.118 e. The number of hydrogen-bond donors (Lipinski definition) is 1. The molecule has 0 radical (unpaired) electrons. The molecule has 1 aliphatic heterocycles. The molecule has 3 rings (SSSR count). The summed E-state index contributed by atoms with van der Waals surface area (Å²) < 4.78 is 5.20. The first-order valence-electron chi connectivity index (χ1n) is 9.69. The van der Waals surface area contributed by atoms with Gasteiger partial charge in [-0.15, -0.1) is 0 Å². The number of aliphatic hydroxyl groups excluding tert-OH is 1. The fraction of sp³-hybridized carbons (Fsp3) is 0.619. The van der Waals surface area contributed by atoms with E-state index in [1.165, 1.54) is 31.2 Å². The summed E-state index contributed by atoms with van der Waals surface area (Å²) in [7, 11) is 1.69. The second-order valence-corrected chi connectivity index (χ2v) is 7.28. The highest BCUT2D eigenvalue weighted by molar-refractivity contribution is 5.50. The lowest BCUT2D eigenvalue weighted by Gasteiger charge is -2.44. The molecule has 2 fully saturated rings. The molecule has 0 amide bonds. The zero-order valence-electron chi connectivity index (χ0n) is 15.4. The van der Waals surface area contributed by atoms with Gasteiger partial charge in [-0.2, -0.15) is 0 Å². The van der Waals surface area contributed by atoms with Gasteiger partial charge in [0.05, 0.1) is 7.11 Å². The number of benzene rings is 1. The molecule has 0 unspecified atom stereocenters. The van der Waals surface area contributed by atoms with Crippen LogP contribution in [-0.2, 0) is 0 Å². The van der Waals surface area contributed by atoms with Gasteiger partial charge >= 0.3 is 0 Å². The summed E-state index contributed by atoms with van der Waals surface area (Å²) in [4.78, 5) is 5.21. The molecule has 4 nitrogen and oxygen atoms in total. The van der Waals surface area contributed by atoms with Crippen LogP contribution in [0.4, 0.5) is 0 Å². The van der Waals surface area contributed by atoms with Crippen molar-refractivity contribution in [3.63, 3.8) is 0 Å². The second-order valence-electron chi connectivity index (χ2n) is 7.28. The van der Waals surface area contributed by atoms with Gasteiger partial charge in [0.2, 0.25) is 0 Å². The third-order valence-electron chi connectivity index (χ3n) is 5.66. The Morgan fingerprint density at radius 2 is 1.92 bits per heavy atom. The average Bonchev–Trinajstić information content (AvgIpc) is 3.17. The van der Waals surface area contributed by atoms with Crippen LogP contribution >= 0.6 is 0 Å². The number of rotatable bonds is 7. The number of aliphatic hydroxyl groups is 1. The van der Waals surface area contributed by atoms with Crippen LogP contribution in [0.3, 0.4) is 0 Å². The Balaban J connectivity index is 1.51. The van der Waals surface area contributed by atoms with Crippen molar-refractivity contribution in [2.75, 3.05) is 39.9 Å². The van der Waals surface area contributed by atoms with Crippen LogP contribution in [0.2, 0.25) is 0 Å². The molecule has 1 aromatic carbocycles. The lowest BCUT2D eigenvalue weighted by molar-refractivity contribution is 0.0347. The summed E-state index contributed by atoms with van der Waals surface area (Å²) in [5, 5.41) is 9.46. The molecule has 2 aliphatic rings. The SMILES string of the molecule is COc1ccc(/C=C/CN2CCN(C3CCCC3)[C@@H](CCO)C2)cc1. The molecule has 1 atom stereocenters. The fourth-order valence-corrected chi connectivity index (χ4v) is 4.28. The van der Waals surface area contributed by atoms with E-state index in [9.17, 15) is 5.11 Å². The zero-order chi connectivity index (χ0) is 17.5. The summed E-state index contributed by atoms with van der Waals surface area (Å²) in [6.45, 7) is 4.62. The third kappa shape index (κ3) is 5.06. The third-order valence-corrected chi connectivity index (χ3v) is 5.66. The topological polar surface area (TPSA) is 35.9 Å². The van der Waals surface area contributed by atoms with Crippen molar-refractivity contribution >= 4 is 6.08 Å². The monoisotopic (exact) mass is 344 g/mol. The van der Waals surface area contributed by atoms with Gasteiger partial charge in [-0.3, -0.25) is 9.80 Å². The minimum Gasteiger partial charge on any atom is -0.497 e. The minimum absolute atomic E-state index is 0.295. The van der Waals surface area contributed by atoms with Crippen molar-refractivity contribution in [2.24, 2.45) is 0 Å². The molecule has 1 aromatic rings. The summed E-state index contributed by atoms with van der Waals surface area (Å²) in [6, 6.07) is 9.43. The molecule has 1 aliphatic carbocycles. The Bertz CT molecular complexity index is 537. The maximum Gasteiger partial charge on any atom is 0.118 e. The number of ether oxygens (including phenoxy) is 1. The van der Waals surface area contributed by atoms with Gasteiger partial charge in [-0.25, -0.2) is 0 Å². The number of nitrogens with zero attached hydrogens (tertiary/aromatic N) is 2. The molecular formula is C21H32N2O2. The van der Waals surface area contributed by atoms with E-state index in [4.69, 9.17) is 4.74 Å². The molecule has 1 saturated heterocycles. The Kier molecular flexibility index (Phi) is 6.91. The number of piperazine rings is 1. The van der Waals surface area contributed by atoms with E-state index in [-0.39, 0.29) is 0 Å². The van der Waals surface area contributed by atoms with Crippen molar-refractivity contribution in [1.29, 1.82) is 0 Å². The second kappa shape index (κ2) is 9.37. The lowest BCUT2D eigenvalue weighted by Crippen LogP contribution is -2.56. The van der Waals surface area contributed by atoms with E-state index in [0.717, 1.165) is 44.4 Å². The van der Waals surface area contributed by atoms with Crippen molar-refractivity contribution in [2.45, 2.75) is 44.2 Å². The summed E-state index contributed by atoms with van der Waals surface area (Å²) >= 11 is 0. The van der Waals surface area contributed by atoms with Crippen LogP contribution in [0.15, 0.2) is 30.3 Å². The Morgan fingerprint density at radius 1 is 1.16 bits per heavy atom. The van der Waals surface area contributed by atoms with Gasteiger partial charge < -0.3 is 9.84 Å². The molecule has 138 valence electrons. The first-order valence-corrected chi connectivity index (χ1v) is 9.69. The van der Waals surface area contributed by atoms with Crippen LogP contribution in [0.5, 0.6) is 5.75 Å². The first-order chi connectivity index (χ1) is 12.3. The fourth-order valence-electron chi connectivity index (χ4n) is 4.28. The lowest BCUT2D eigenvalue weighted by atomic mass is 10.0. The van der Waals surface area contributed by atoms with Crippen LogP contribution in [0, 0.1) is 0 Å². The molecule has 1 N–H and O–H groups in total. The summed E-state index contributed by atoms with van der Waals surface area (Å²) in [5.41, 5.74) is 1.21. The predicted octanol–water partition coefficient (Wildman–Crippen LogP) is 3.02. The molecule has 1 heterocycles. The van der Waals surface area contributed by atoms with Crippen molar-refractivity contribution in [1.82, 2.24) is 9.80 Å². The maximum atomic E-state index is 9.46. The van der Waals surface area contributed by atoms with E-state index >= 15 is 0 Å². The van der Waals surface area contributed by atoms with Crippen molar-refractivity contribution in [3.8, 4) is 5.75 Å². The Hall–Kier alpha value is -1.36. The maximum absolute atomic E-state index is 9.46. The average molecular weight is 344 g/mol. The normalized spacial score (nSPS) is 23.5. The highest BCUT2D eigenvalue weighted by Gasteiger charge is 2.32. The molecule has 4 heteroatoms. The molecule has 0 spiro atoms. The van der Waals surface area contributed by atoms with Gasteiger partial charge in [-0.1, -0.05) is 37.1 Å². The van der Waals surface area contributed by atoms with Crippen molar-refractivity contribution < 1.29 is 9.84 Å². The van der Waals surface area contributed by atoms with Crippen LogP contribution < -0.4 is 4.74 Å². The zero-order valence-corrected chi connectivity index (χ0v) is 15.4. The molecule has 0 bridgehead atoms. The molecule has 0 aromatic heterocycles.